The fourth-order valence-electron chi connectivity index (χ4n) is 2.07. The number of Topliss-reactive ketones (excluding diaryl/α,β-unsaturated/α-hetero) is 2. The summed E-state index contributed by atoms with van der Waals surface area (Å²) in [7, 11) is 0. The fraction of sp³-hybridized carbons (Fsp3) is 0.467. The summed E-state index contributed by atoms with van der Waals surface area (Å²) in [5.74, 6) is -1.67. The van der Waals surface area contributed by atoms with Crippen molar-refractivity contribution in [2.45, 2.75) is 40.5 Å². The number of rotatable bonds is 4. The Labute approximate surface area is 113 Å². The third kappa shape index (κ3) is 3.13. The molecule has 0 aromatic rings. The Kier molecular flexibility index (Phi) is 4.70. The molecule has 1 aliphatic rings. The van der Waals surface area contributed by atoms with Gasteiger partial charge in [-0.15, -0.1) is 0 Å². The molecular formula is C15H21NO3. The summed E-state index contributed by atoms with van der Waals surface area (Å²) in [5.41, 5.74) is 7.16. The van der Waals surface area contributed by atoms with Crippen LogP contribution in [0.5, 0.6) is 0 Å². The summed E-state index contributed by atoms with van der Waals surface area (Å²) >= 11 is 0. The normalized spacial score (nSPS) is 17.9. The zero-order chi connectivity index (χ0) is 14.7. The van der Waals surface area contributed by atoms with Crippen molar-refractivity contribution in [2.75, 3.05) is 0 Å². The fourth-order valence-corrected chi connectivity index (χ4v) is 2.07. The van der Waals surface area contributed by atoms with Crippen LogP contribution in [0.4, 0.5) is 0 Å². The van der Waals surface area contributed by atoms with Gasteiger partial charge in [0.25, 0.3) is 0 Å². The van der Waals surface area contributed by atoms with Crippen LogP contribution in [0.1, 0.15) is 40.5 Å². The predicted octanol–water partition coefficient (Wildman–Crippen LogP) is 2.57. The van der Waals surface area contributed by atoms with Crippen LogP contribution in [0.25, 0.3) is 0 Å². The summed E-state index contributed by atoms with van der Waals surface area (Å²) in [6.07, 6.45) is 3.55. The third-order valence-electron chi connectivity index (χ3n) is 3.35. The average Bonchev–Trinajstić information content (AvgIpc) is 2.34. The molecule has 0 heterocycles. The Morgan fingerprint density at radius 1 is 1.32 bits per heavy atom. The smallest absolute Gasteiger partial charge is 0.233 e. The molecule has 0 amide bonds. The third-order valence-corrected chi connectivity index (χ3v) is 3.35. The largest absolute Gasteiger partial charge is 0.505 e. The van der Waals surface area contributed by atoms with Gasteiger partial charge >= 0.3 is 0 Å². The number of carbonyl (C=O) groups is 2. The Balaban J connectivity index is 3.00. The summed E-state index contributed by atoms with van der Waals surface area (Å²) in [4.78, 5) is 23.7. The van der Waals surface area contributed by atoms with E-state index in [0.29, 0.717) is 6.42 Å². The Hall–Kier alpha value is -1.84. The van der Waals surface area contributed by atoms with E-state index in [4.69, 9.17) is 5.73 Å². The molecule has 0 aliphatic heterocycles. The van der Waals surface area contributed by atoms with Crippen molar-refractivity contribution in [3.05, 3.63) is 34.3 Å². The van der Waals surface area contributed by atoms with Gasteiger partial charge < -0.3 is 10.8 Å². The summed E-state index contributed by atoms with van der Waals surface area (Å²) < 4.78 is 0. The van der Waals surface area contributed by atoms with E-state index in [2.05, 4.69) is 6.08 Å². The molecule has 0 saturated carbocycles. The van der Waals surface area contributed by atoms with Crippen LogP contribution in [-0.4, -0.2) is 16.7 Å². The number of hydrogen-bond acceptors (Lipinski definition) is 4. The van der Waals surface area contributed by atoms with E-state index in [1.165, 1.54) is 12.5 Å². The topological polar surface area (TPSA) is 80.4 Å². The molecule has 0 radical (unpaired) electrons. The Morgan fingerprint density at radius 3 is 2.42 bits per heavy atom. The zero-order valence-electron chi connectivity index (χ0n) is 11.9. The molecule has 1 rings (SSSR count). The lowest BCUT2D eigenvalue weighted by atomic mass is 9.84. The van der Waals surface area contributed by atoms with Gasteiger partial charge in [-0.1, -0.05) is 18.6 Å². The van der Waals surface area contributed by atoms with Gasteiger partial charge in [-0.2, -0.15) is 0 Å². The van der Waals surface area contributed by atoms with Crippen LogP contribution in [0.15, 0.2) is 34.3 Å². The lowest BCUT2D eigenvalue weighted by Gasteiger charge is -2.21. The maximum absolute atomic E-state index is 12.0. The summed E-state index contributed by atoms with van der Waals surface area (Å²) in [5, 5.41) is 9.98. The van der Waals surface area contributed by atoms with Crippen molar-refractivity contribution in [1.29, 1.82) is 0 Å². The minimum atomic E-state index is -0.631. The molecule has 4 nitrogen and oxygen atoms in total. The number of aliphatic hydroxyl groups excluding tert-OH is 1. The van der Waals surface area contributed by atoms with Crippen LogP contribution >= 0.6 is 0 Å². The number of hydrogen-bond donors (Lipinski definition) is 2. The zero-order valence-corrected chi connectivity index (χ0v) is 11.9. The molecule has 1 atom stereocenters. The van der Waals surface area contributed by atoms with Gasteiger partial charge in [0.1, 0.15) is 5.76 Å². The molecule has 4 heteroatoms. The Morgan fingerprint density at radius 2 is 1.89 bits per heavy atom. The van der Waals surface area contributed by atoms with Crippen molar-refractivity contribution in [3.8, 4) is 0 Å². The average molecular weight is 263 g/mol. The number of nitrogens with two attached hydrogens (primary N) is 1. The lowest BCUT2D eigenvalue weighted by Crippen LogP contribution is -2.30. The number of carbonyl (C=O) groups excluding carboxylic acids is 2. The van der Waals surface area contributed by atoms with Crippen molar-refractivity contribution in [2.24, 2.45) is 11.7 Å². The monoisotopic (exact) mass is 263 g/mol. The number of ketones is 2. The quantitative estimate of drug-likeness (QED) is 0.464. The van der Waals surface area contributed by atoms with Crippen molar-refractivity contribution in [1.82, 2.24) is 0 Å². The lowest BCUT2D eigenvalue weighted by molar-refractivity contribution is -0.132. The molecule has 104 valence electrons. The van der Waals surface area contributed by atoms with Crippen LogP contribution in [0.2, 0.25) is 0 Å². The minimum absolute atomic E-state index is 0.0219. The van der Waals surface area contributed by atoms with Gasteiger partial charge in [-0.3, -0.25) is 9.59 Å². The van der Waals surface area contributed by atoms with Gasteiger partial charge in [-0.25, -0.2) is 0 Å². The molecule has 0 bridgehead atoms. The van der Waals surface area contributed by atoms with Crippen LogP contribution in [0, 0.1) is 5.92 Å². The maximum Gasteiger partial charge on any atom is 0.233 e. The van der Waals surface area contributed by atoms with Crippen molar-refractivity contribution < 1.29 is 14.7 Å². The van der Waals surface area contributed by atoms with Gasteiger partial charge in [0, 0.05) is 5.57 Å². The highest BCUT2D eigenvalue weighted by molar-refractivity contribution is 6.50. The first-order valence-electron chi connectivity index (χ1n) is 6.39. The van der Waals surface area contributed by atoms with Crippen molar-refractivity contribution >= 4 is 11.6 Å². The first-order chi connectivity index (χ1) is 8.77. The van der Waals surface area contributed by atoms with Gasteiger partial charge in [0.2, 0.25) is 11.6 Å². The van der Waals surface area contributed by atoms with Crippen LogP contribution in [-0.2, 0) is 9.59 Å². The molecule has 1 aliphatic carbocycles. The second kappa shape index (κ2) is 5.87. The van der Waals surface area contributed by atoms with E-state index >= 15 is 0 Å². The number of aliphatic hydroxyl groups is 1. The molecule has 0 fully saturated rings. The first-order valence-corrected chi connectivity index (χ1v) is 6.39. The van der Waals surface area contributed by atoms with E-state index in [9.17, 15) is 14.7 Å². The van der Waals surface area contributed by atoms with Gasteiger partial charge in [0.05, 0.1) is 11.3 Å². The van der Waals surface area contributed by atoms with E-state index < -0.39 is 11.6 Å². The molecule has 0 aromatic carbocycles. The molecule has 19 heavy (non-hydrogen) atoms. The highest BCUT2D eigenvalue weighted by Crippen LogP contribution is 2.28. The predicted molar refractivity (Wildman–Crippen MR) is 74.4 cm³/mol. The molecular weight excluding hydrogens is 242 g/mol. The van der Waals surface area contributed by atoms with Gasteiger partial charge in [0.15, 0.2) is 0 Å². The van der Waals surface area contributed by atoms with E-state index in [-0.39, 0.29) is 28.5 Å². The van der Waals surface area contributed by atoms with E-state index in [1.54, 1.807) is 0 Å². The first kappa shape index (κ1) is 15.2. The minimum Gasteiger partial charge on any atom is -0.505 e. The second-order valence-corrected chi connectivity index (χ2v) is 5.22. The van der Waals surface area contributed by atoms with E-state index in [0.717, 1.165) is 6.42 Å². The SMILES string of the molecule is CC(C)=CCCC(C)C1=C(O)C(N)=C(C)C(=O)C1=O. The van der Waals surface area contributed by atoms with E-state index in [1.807, 2.05) is 20.8 Å². The highest BCUT2D eigenvalue weighted by atomic mass is 16.3. The van der Waals surface area contributed by atoms with Crippen LogP contribution < -0.4 is 5.73 Å². The maximum atomic E-state index is 12.0. The molecule has 0 aromatic heterocycles. The Bertz CT molecular complexity index is 505. The highest BCUT2D eigenvalue weighted by Gasteiger charge is 2.34. The molecule has 1 unspecified atom stereocenters. The van der Waals surface area contributed by atoms with Crippen molar-refractivity contribution in [3.63, 3.8) is 0 Å². The molecule has 3 N–H and O–H groups in total. The van der Waals surface area contributed by atoms with Gasteiger partial charge in [-0.05, 0) is 39.5 Å². The second-order valence-electron chi connectivity index (χ2n) is 5.22. The summed E-state index contributed by atoms with van der Waals surface area (Å²) in [6.45, 7) is 7.28. The molecule has 0 saturated heterocycles. The summed E-state index contributed by atoms with van der Waals surface area (Å²) in [6, 6.07) is 0. The van der Waals surface area contributed by atoms with Crippen LogP contribution in [0.3, 0.4) is 0 Å². The standard InChI is InChI=1S/C15H21NO3/c1-8(2)6-5-7-9(3)11-14(18)12(16)10(4)13(17)15(11)19/h6,9,18H,5,7,16H2,1-4H3. The number of allylic oxidation sites excluding steroid dienone is 4. The molecule has 0 spiro atoms.